The molecule has 0 heterocycles. The third-order valence-corrected chi connectivity index (χ3v) is 4.48. The Labute approximate surface area is 152 Å². The average Bonchev–Trinajstić information content (AvgIpc) is 2.98. The Hall–Kier alpha value is -2.86. The molecule has 0 unspecified atom stereocenters. The Kier molecular flexibility index (Phi) is 5.53. The zero-order chi connectivity index (χ0) is 18.5. The zero-order valence-corrected chi connectivity index (χ0v) is 14.6. The lowest BCUT2D eigenvalue weighted by Crippen LogP contribution is -2.45. The Morgan fingerprint density at radius 2 is 1.65 bits per heavy atom. The van der Waals surface area contributed by atoms with Crippen molar-refractivity contribution in [3.63, 3.8) is 0 Å². The fourth-order valence-electron chi connectivity index (χ4n) is 3.21. The van der Waals surface area contributed by atoms with Crippen LogP contribution in [0.25, 0.3) is 11.1 Å². The minimum Gasteiger partial charge on any atom is -0.449 e. The Bertz CT molecular complexity index is 760. The van der Waals surface area contributed by atoms with Crippen molar-refractivity contribution in [3.05, 3.63) is 59.7 Å². The molecule has 6 nitrogen and oxygen atoms in total. The maximum atomic E-state index is 12.0. The van der Waals surface area contributed by atoms with Crippen molar-refractivity contribution in [1.82, 2.24) is 10.6 Å². The first kappa shape index (κ1) is 17.9. The highest BCUT2D eigenvalue weighted by Gasteiger charge is 2.29. The second-order valence-corrected chi connectivity index (χ2v) is 6.21. The lowest BCUT2D eigenvalue weighted by atomic mass is 9.98. The minimum absolute atomic E-state index is 0.0216. The molecule has 0 spiro atoms. The number of alkyl carbamates (subject to hydrolysis) is 1. The molecule has 1 atom stereocenters. The molecule has 3 rings (SSSR count). The largest absolute Gasteiger partial charge is 0.449 e. The number of carbonyl (C=O) groups is 2. The number of hydrogen-bond acceptors (Lipinski definition) is 4. The molecular formula is C20H22N2O4. The van der Waals surface area contributed by atoms with E-state index in [0.717, 1.165) is 22.3 Å². The summed E-state index contributed by atoms with van der Waals surface area (Å²) in [4.78, 5) is 23.8. The van der Waals surface area contributed by atoms with Crippen molar-refractivity contribution in [2.75, 3.05) is 19.8 Å². The van der Waals surface area contributed by atoms with E-state index >= 15 is 0 Å². The van der Waals surface area contributed by atoms with Crippen LogP contribution in [0.15, 0.2) is 48.5 Å². The standard InChI is InChI=1S/C20H22N2O4/c1-13(19(24)21-10-11-23)22-20(25)26-12-18-16-8-4-2-6-14(16)15-7-3-5-9-17(15)18/h2-9,13,18,23H,10-12H2,1H3,(H,21,24)(H,22,25)/t13-/m0/s1. The maximum absolute atomic E-state index is 12.0. The van der Waals surface area contributed by atoms with Gasteiger partial charge in [0.15, 0.2) is 0 Å². The molecule has 26 heavy (non-hydrogen) atoms. The SMILES string of the molecule is C[C@H](NC(=O)OCC1c2ccccc2-c2ccccc21)C(=O)NCCO. The third kappa shape index (κ3) is 3.70. The van der Waals surface area contributed by atoms with E-state index in [1.54, 1.807) is 6.92 Å². The summed E-state index contributed by atoms with van der Waals surface area (Å²) in [6.07, 6.45) is -0.640. The van der Waals surface area contributed by atoms with Crippen LogP contribution in [-0.2, 0) is 9.53 Å². The second-order valence-electron chi connectivity index (χ2n) is 6.21. The molecule has 1 aliphatic carbocycles. The number of benzene rings is 2. The van der Waals surface area contributed by atoms with Gasteiger partial charge in [0.25, 0.3) is 0 Å². The molecule has 2 aromatic carbocycles. The highest BCUT2D eigenvalue weighted by Crippen LogP contribution is 2.44. The van der Waals surface area contributed by atoms with Gasteiger partial charge in [0.05, 0.1) is 6.61 Å². The van der Waals surface area contributed by atoms with Gasteiger partial charge in [-0.3, -0.25) is 4.79 Å². The summed E-state index contributed by atoms with van der Waals surface area (Å²) in [5, 5.41) is 13.7. The van der Waals surface area contributed by atoms with E-state index in [2.05, 4.69) is 22.8 Å². The molecule has 0 fully saturated rings. The molecule has 0 bridgehead atoms. The summed E-state index contributed by atoms with van der Waals surface area (Å²) >= 11 is 0. The molecule has 0 aliphatic heterocycles. The van der Waals surface area contributed by atoms with Gasteiger partial charge in [-0.05, 0) is 29.2 Å². The van der Waals surface area contributed by atoms with Crippen molar-refractivity contribution < 1.29 is 19.4 Å². The van der Waals surface area contributed by atoms with Gasteiger partial charge >= 0.3 is 6.09 Å². The van der Waals surface area contributed by atoms with Crippen LogP contribution in [-0.4, -0.2) is 42.9 Å². The molecule has 0 saturated heterocycles. The van der Waals surface area contributed by atoms with Gasteiger partial charge in [-0.25, -0.2) is 4.79 Å². The fourth-order valence-corrected chi connectivity index (χ4v) is 3.21. The van der Waals surface area contributed by atoms with Crippen LogP contribution in [0.5, 0.6) is 0 Å². The van der Waals surface area contributed by atoms with Crippen molar-refractivity contribution >= 4 is 12.0 Å². The van der Waals surface area contributed by atoms with Gasteiger partial charge < -0.3 is 20.5 Å². The van der Waals surface area contributed by atoms with Gasteiger partial charge in [-0.1, -0.05) is 48.5 Å². The van der Waals surface area contributed by atoms with Crippen LogP contribution in [0, 0.1) is 0 Å². The van der Waals surface area contributed by atoms with E-state index in [4.69, 9.17) is 9.84 Å². The zero-order valence-electron chi connectivity index (χ0n) is 14.6. The highest BCUT2D eigenvalue weighted by atomic mass is 16.5. The predicted octanol–water partition coefficient (Wildman–Crippen LogP) is 2.02. The first-order valence-electron chi connectivity index (χ1n) is 8.62. The van der Waals surface area contributed by atoms with Crippen molar-refractivity contribution in [2.45, 2.75) is 18.9 Å². The molecule has 136 valence electrons. The monoisotopic (exact) mass is 354 g/mol. The highest BCUT2D eigenvalue weighted by molar-refractivity contribution is 5.85. The van der Waals surface area contributed by atoms with Crippen LogP contribution in [0.2, 0.25) is 0 Å². The van der Waals surface area contributed by atoms with Crippen LogP contribution < -0.4 is 10.6 Å². The van der Waals surface area contributed by atoms with E-state index in [-0.39, 0.29) is 31.6 Å². The number of fused-ring (bicyclic) bond motifs is 3. The normalized spacial score (nSPS) is 13.5. The van der Waals surface area contributed by atoms with Gasteiger partial charge in [0.1, 0.15) is 12.6 Å². The first-order chi connectivity index (χ1) is 12.6. The number of carbonyl (C=O) groups excluding carboxylic acids is 2. The molecule has 0 radical (unpaired) electrons. The lowest BCUT2D eigenvalue weighted by molar-refractivity contribution is -0.122. The van der Waals surface area contributed by atoms with Gasteiger partial charge in [-0.2, -0.15) is 0 Å². The summed E-state index contributed by atoms with van der Waals surface area (Å²) in [5.74, 6) is -0.390. The van der Waals surface area contributed by atoms with Crippen LogP contribution >= 0.6 is 0 Å². The molecule has 0 saturated carbocycles. The lowest BCUT2D eigenvalue weighted by Gasteiger charge is -2.17. The maximum Gasteiger partial charge on any atom is 0.407 e. The number of aliphatic hydroxyl groups excluding tert-OH is 1. The van der Waals surface area contributed by atoms with E-state index in [9.17, 15) is 9.59 Å². The topological polar surface area (TPSA) is 87.7 Å². The smallest absolute Gasteiger partial charge is 0.407 e. The summed E-state index contributed by atoms with van der Waals surface area (Å²) in [7, 11) is 0. The Morgan fingerprint density at radius 1 is 1.08 bits per heavy atom. The molecule has 2 aromatic rings. The molecule has 2 amide bonds. The van der Waals surface area contributed by atoms with E-state index in [1.165, 1.54) is 0 Å². The summed E-state index contributed by atoms with van der Waals surface area (Å²) in [6.45, 7) is 1.76. The Morgan fingerprint density at radius 3 is 2.23 bits per heavy atom. The van der Waals surface area contributed by atoms with Crippen LogP contribution in [0.1, 0.15) is 24.0 Å². The molecule has 6 heteroatoms. The van der Waals surface area contributed by atoms with Crippen molar-refractivity contribution in [3.8, 4) is 11.1 Å². The van der Waals surface area contributed by atoms with E-state index in [0.29, 0.717) is 0 Å². The minimum atomic E-state index is -0.739. The van der Waals surface area contributed by atoms with Crippen molar-refractivity contribution in [2.24, 2.45) is 0 Å². The molecule has 0 aromatic heterocycles. The van der Waals surface area contributed by atoms with Crippen LogP contribution in [0.3, 0.4) is 0 Å². The van der Waals surface area contributed by atoms with E-state index in [1.807, 2.05) is 36.4 Å². The second kappa shape index (κ2) is 8.01. The van der Waals surface area contributed by atoms with Crippen molar-refractivity contribution in [1.29, 1.82) is 0 Å². The number of amides is 2. The number of ether oxygens (including phenoxy) is 1. The van der Waals surface area contributed by atoms with Gasteiger partial charge in [0, 0.05) is 12.5 Å². The number of rotatable bonds is 6. The molecule has 3 N–H and O–H groups in total. The number of hydrogen-bond donors (Lipinski definition) is 3. The summed E-state index contributed by atoms with van der Waals surface area (Å²) in [6, 6.07) is 15.5. The van der Waals surface area contributed by atoms with Gasteiger partial charge in [-0.15, -0.1) is 0 Å². The predicted molar refractivity (Wildman–Crippen MR) is 97.8 cm³/mol. The first-order valence-corrected chi connectivity index (χ1v) is 8.62. The fraction of sp³-hybridized carbons (Fsp3) is 0.300. The molecule has 1 aliphatic rings. The average molecular weight is 354 g/mol. The van der Waals surface area contributed by atoms with Gasteiger partial charge in [0.2, 0.25) is 5.91 Å². The third-order valence-electron chi connectivity index (χ3n) is 4.48. The summed E-state index contributed by atoms with van der Waals surface area (Å²) < 4.78 is 5.39. The number of nitrogens with one attached hydrogen (secondary N) is 2. The number of aliphatic hydroxyl groups is 1. The quantitative estimate of drug-likeness (QED) is 0.741. The van der Waals surface area contributed by atoms with Crippen LogP contribution in [0.4, 0.5) is 4.79 Å². The molecular weight excluding hydrogens is 332 g/mol. The van der Waals surface area contributed by atoms with E-state index < -0.39 is 12.1 Å². The Balaban J connectivity index is 1.63. The summed E-state index contributed by atoms with van der Waals surface area (Å²) in [5.41, 5.74) is 4.59.